The highest BCUT2D eigenvalue weighted by atomic mass is 16.6. The molecule has 1 heterocycles. The standard InChI is InChI=1S/C21H22N2O7/c1-5-28-18-10-13(6-9-16(18)26-3)21(24)29-12-19-22-20(23-30-19)15-8-7-14(25-2)11-17(15)27-4/h6-11H,5,12H2,1-4H3. The first-order valence-electron chi connectivity index (χ1n) is 9.12. The van der Waals surface area contributed by atoms with E-state index in [-0.39, 0.29) is 12.5 Å². The summed E-state index contributed by atoms with van der Waals surface area (Å²) in [6.45, 7) is 2.10. The van der Waals surface area contributed by atoms with Gasteiger partial charge in [-0.25, -0.2) is 4.79 Å². The number of esters is 1. The van der Waals surface area contributed by atoms with Crippen molar-refractivity contribution in [2.45, 2.75) is 13.5 Å². The fourth-order valence-electron chi connectivity index (χ4n) is 2.69. The van der Waals surface area contributed by atoms with E-state index < -0.39 is 5.97 Å². The van der Waals surface area contributed by atoms with Gasteiger partial charge in [-0.05, 0) is 37.3 Å². The van der Waals surface area contributed by atoms with E-state index in [4.69, 9.17) is 28.2 Å². The topological polar surface area (TPSA) is 102 Å². The van der Waals surface area contributed by atoms with Gasteiger partial charge in [0.25, 0.3) is 5.89 Å². The quantitative estimate of drug-likeness (QED) is 0.487. The molecule has 1 aromatic heterocycles. The molecule has 0 unspecified atom stereocenters. The molecule has 3 rings (SSSR count). The highest BCUT2D eigenvalue weighted by Gasteiger charge is 2.17. The van der Waals surface area contributed by atoms with Crippen molar-refractivity contribution in [1.29, 1.82) is 0 Å². The number of ether oxygens (including phenoxy) is 5. The monoisotopic (exact) mass is 414 g/mol. The molecule has 0 radical (unpaired) electrons. The first-order chi connectivity index (χ1) is 14.6. The molecular weight excluding hydrogens is 392 g/mol. The number of aromatic nitrogens is 2. The Morgan fingerprint density at radius 1 is 0.967 bits per heavy atom. The molecule has 0 aliphatic rings. The normalized spacial score (nSPS) is 10.4. The van der Waals surface area contributed by atoms with Crippen LogP contribution in [0, 0.1) is 0 Å². The highest BCUT2D eigenvalue weighted by molar-refractivity contribution is 5.90. The third-order valence-corrected chi connectivity index (χ3v) is 4.14. The van der Waals surface area contributed by atoms with Crippen LogP contribution in [0.25, 0.3) is 11.4 Å². The van der Waals surface area contributed by atoms with Gasteiger partial charge in [-0.1, -0.05) is 5.16 Å². The summed E-state index contributed by atoms with van der Waals surface area (Å²) in [7, 11) is 4.63. The van der Waals surface area contributed by atoms with Gasteiger partial charge in [-0.3, -0.25) is 0 Å². The highest BCUT2D eigenvalue weighted by Crippen LogP contribution is 2.32. The van der Waals surface area contributed by atoms with E-state index in [0.717, 1.165) is 0 Å². The predicted molar refractivity (Wildman–Crippen MR) is 106 cm³/mol. The molecule has 0 aliphatic heterocycles. The Bertz CT molecular complexity index is 1020. The molecular formula is C21H22N2O7. The minimum Gasteiger partial charge on any atom is -0.497 e. The summed E-state index contributed by atoms with van der Waals surface area (Å²) in [5.74, 6) is 2.06. The van der Waals surface area contributed by atoms with Gasteiger partial charge in [0.2, 0.25) is 5.82 Å². The molecule has 9 nitrogen and oxygen atoms in total. The molecule has 0 saturated carbocycles. The van der Waals surface area contributed by atoms with Crippen LogP contribution in [0.1, 0.15) is 23.2 Å². The number of rotatable bonds is 9. The van der Waals surface area contributed by atoms with E-state index in [0.29, 0.717) is 46.6 Å². The first-order valence-corrected chi connectivity index (χ1v) is 9.12. The molecule has 0 spiro atoms. The van der Waals surface area contributed by atoms with Crippen LogP contribution in [0.5, 0.6) is 23.0 Å². The van der Waals surface area contributed by atoms with E-state index in [2.05, 4.69) is 10.1 Å². The summed E-state index contributed by atoms with van der Waals surface area (Å²) in [4.78, 5) is 16.6. The Balaban J connectivity index is 1.70. The van der Waals surface area contributed by atoms with Crippen molar-refractivity contribution < 1.29 is 33.0 Å². The Hall–Kier alpha value is -3.75. The van der Waals surface area contributed by atoms with Crippen molar-refractivity contribution in [3.8, 4) is 34.4 Å². The number of hydrogen-bond donors (Lipinski definition) is 0. The molecule has 2 aromatic carbocycles. The summed E-state index contributed by atoms with van der Waals surface area (Å²) < 4.78 is 31.7. The van der Waals surface area contributed by atoms with E-state index >= 15 is 0 Å². The van der Waals surface area contributed by atoms with Crippen LogP contribution in [-0.2, 0) is 11.3 Å². The largest absolute Gasteiger partial charge is 0.497 e. The maximum atomic E-state index is 12.4. The third-order valence-electron chi connectivity index (χ3n) is 4.14. The Morgan fingerprint density at radius 3 is 2.47 bits per heavy atom. The van der Waals surface area contributed by atoms with Crippen LogP contribution in [-0.4, -0.2) is 44.0 Å². The van der Waals surface area contributed by atoms with Crippen LogP contribution in [0.2, 0.25) is 0 Å². The van der Waals surface area contributed by atoms with Gasteiger partial charge >= 0.3 is 5.97 Å². The van der Waals surface area contributed by atoms with Gasteiger partial charge in [0, 0.05) is 6.07 Å². The number of carbonyl (C=O) groups is 1. The molecule has 0 fully saturated rings. The molecule has 0 atom stereocenters. The third kappa shape index (κ3) is 4.62. The fourth-order valence-corrected chi connectivity index (χ4v) is 2.69. The smallest absolute Gasteiger partial charge is 0.338 e. The molecule has 3 aromatic rings. The molecule has 30 heavy (non-hydrogen) atoms. The summed E-state index contributed by atoms with van der Waals surface area (Å²) in [5.41, 5.74) is 0.937. The van der Waals surface area contributed by atoms with Gasteiger partial charge in [0.05, 0.1) is 39.1 Å². The molecule has 0 amide bonds. The van der Waals surface area contributed by atoms with E-state index in [1.165, 1.54) is 14.2 Å². The zero-order valence-corrected chi connectivity index (χ0v) is 17.1. The van der Waals surface area contributed by atoms with Crippen molar-refractivity contribution in [2.75, 3.05) is 27.9 Å². The van der Waals surface area contributed by atoms with Crippen molar-refractivity contribution in [1.82, 2.24) is 10.1 Å². The van der Waals surface area contributed by atoms with Crippen molar-refractivity contribution in [3.63, 3.8) is 0 Å². The number of nitrogens with zero attached hydrogens (tertiary/aromatic N) is 2. The maximum absolute atomic E-state index is 12.4. The molecule has 9 heteroatoms. The second-order valence-electron chi connectivity index (χ2n) is 5.95. The zero-order valence-electron chi connectivity index (χ0n) is 17.1. The van der Waals surface area contributed by atoms with Crippen molar-refractivity contribution >= 4 is 5.97 Å². The average molecular weight is 414 g/mol. The number of carbonyl (C=O) groups excluding carboxylic acids is 1. The number of methoxy groups -OCH3 is 3. The zero-order chi connectivity index (χ0) is 21.5. The van der Waals surface area contributed by atoms with Crippen LogP contribution in [0.4, 0.5) is 0 Å². The Morgan fingerprint density at radius 2 is 1.77 bits per heavy atom. The number of benzene rings is 2. The summed E-state index contributed by atoms with van der Waals surface area (Å²) in [5, 5.41) is 3.93. The van der Waals surface area contributed by atoms with Gasteiger partial charge < -0.3 is 28.2 Å². The molecule has 0 aliphatic carbocycles. The molecule has 0 N–H and O–H groups in total. The lowest BCUT2D eigenvalue weighted by atomic mass is 10.2. The lowest BCUT2D eigenvalue weighted by molar-refractivity contribution is 0.0429. The van der Waals surface area contributed by atoms with E-state index in [1.807, 2.05) is 6.92 Å². The van der Waals surface area contributed by atoms with Gasteiger partial charge in [-0.2, -0.15) is 4.98 Å². The van der Waals surface area contributed by atoms with E-state index in [9.17, 15) is 4.79 Å². The van der Waals surface area contributed by atoms with Gasteiger partial charge in [0.15, 0.2) is 18.1 Å². The Labute approximate surface area is 173 Å². The number of hydrogen-bond acceptors (Lipinski definition) is 9. The summed E-state index contributed by atoms with van der Waals surface area (Å²) in [6.07, 6.45) is 0. The second kappa shape index (κ2) is 9.64. The van der Waals surface area contributed by atoms with Crippen LogP contribution in [0.15, 0.2) is 40.9 Å². The first kappa shape index (κ1) is 21.0. The lowest BCUT2D eigenvalue weighted by Crippen LogP contribution is -2.06. The fraction of sp³-hybridized carbons (Fsp3) is 0.286. The summed E-state index contributed by atoms with van der Waals surface area (Å²) >= 11 is 0. The van der Waals surface area contributed by atoms with Gasteiger partial charge in [0.1, 0.15) is 11.5 Å². The van der Waals surface area contributed by atoms with E-state index in [1.54, 1.807) is 43.5 Å². The van der Waals surface area contributed by atoms with Crippen LogP contribution < -0.4 is 18.9 Å². The van der Waals surface area contributed by atoms with Crippen molar-refractivity contribution in [3.05, 3.63) is 47.9 Å². The minimum atomic E-state index is -0.555. The average Bonchev–Trinajstić information content (AvgIpc) is 3.26. The summed E-state index contributed by atoms with van der Waals surface area (Å²) in [6, 6.07) is 10.0. The van der Waals surface area contributed by atoms with Crippen LogP contribution in [0.3, 0.4) is 0 Å². The molecule has 0 saturated heterocycles. The molecule has 0 bridgehead atoms. The SMILES string of the molecule is CCOc1cc(C(=O)OCc2nc(-c3ccc(OC)cc3OC)no2)ccc1OC. The minimum absolute atomic E-state index is 0.148. The lowest BCUT2D eigenvalue weighted by Gasteiger charge is -2.10. The van der Waals surface area contributed by atoms with Gasteiger partial charge in [-0.15, -0.1) is 0 Å². The van der Waals surface area contributed by atoms with Crippen molar-refractivity contribution in [2.24, 2.45) is 0 Å². The van der Waals surface area contributed by atoms with Crippen LogP contribution >= 0.6 is 0 Å². The predicted octanol–water partition coefficient (Wildman–Crippen LogP) is 3.52. The maximum Gasteiger partial charge on any atom is 0.338 e. The Kier molecular flexibility index (Phi) is 6.74. The molecule has 158 valence electrons. The second-order valence-corrected chi connectivity index (χ2v) is 5.95.